The number of thioether (sulfide) groups is 1. The van der Waals surface area contributed by atoms with Gasteiger partial charge >= 0.3 is 0 Å². The monoisotopic (exact) mass is 398 g/mol. The highest BCUT2D eigenvalue weighted by Gasteiger charge is 2.34. The molecule has 0 bridgehead atoms. The number of sulfonamides is 1. The smallest absolute Gasteiger partial charge is 0.243 e. The predicted molar refractivity (Wildman–Crippen MR) is 103 cm³/mol. The highest BCUT2D eigenvalue weighted by Crippen LogP contribution is 2.34. The van der Waals surface area contributed by atoms with Crippen molar-refractivity contribution in [2.45, 2.75) is 30.2 Å². The molecule has 8 heteroatoms. The van der Waals surface area contributed by atoms with Crippen molar-refractivity contribution in [2.75, 3.05) is 50.9 Å². The summed E-state index contributed by atoms with van der Waals surface area (Å²) >= 11 is 1.87. The Morgan fingerprint density at radius 2 is 1.81 bits per heavy atom. The Hall–Kier alpha value is -0.960. The number of likely N-dealkylation sites (tertiary alicyclic amines) is 1. The highest BCUT2D eigenvalue weighted by molar-refractivity contribution is 7.99. The minimum atomic E-state index is -3.55. The molecule has 0 radical (unpaired) electrons. The van der Waals surface area contributed by atoms with Crippen LogP contribution in [0.4, 0.5) is 0 Å². The van der Waals surface area contributed by atoms with Crippen LogP contribution < -0.4 is 9.47 Å². The van der Waals surface area contributed by atoms with Crippen LogP contribution in [0.5, 0.6) is 11.5 Å². The van der Waals surface area contributed by atoms with Gasteiger partial charge in [0.05, 0.1) is 4.90 Å². The van der Waals surface area contributed by atoms with Crippen molar-refractivity contribution in [3.8, 4) is 11.5 Å². The number of ether oxygens (including phenoxy) is 2. The lowest BCUT2D eigenvalue weighted by Gasteiger charge is -2.32. The first-order valence-corrected chi connectivity index (χ1v) is 12.0. The fraction of sp³-hybridized carbons (Fsp3) is 0.667. The molecule has 0 saturated carbocycles. The Balaban J connectivity index is 1.60. The Morgan fingerprint density at radius 3 is 2.62 bits per heavy atom. The summed E-state index contributed by atoms with van der Waals surface area (Å²) in [5.41, 5.74) is 0. The SMILES string of the molecule is O=S(=O)(c1ccc2c(c1)OCCO2)N1CCCSCC1CN1CCCC1. The van der Waals surface area contributed by atoms with Gasteiger partial charge in [0.15, 0.2) is 11.5 Å². The molecule has 1 atom stereocenters. The lowest BCUT2D eigenvalue weighted by Crippen LogP contribution is -2.47. The van der Waals surface area contributed by atoms with Crippen LogP contribution in [-0.4, -0.2) is 74.6 Å². The summed E-state index contributed by atoms with van der Waals surface area (Å²) in [7, 11) is -3.55. The fourth-order valence-electron chi connectivity index (χ4n) is 3.85. The molecule has 6 nitrogen and oxygen atoms in total. The van der Waals surface area contributed by atoms with Crippen molar-refractivity contribution in [1.82, 2.24) is 9.21 Å². The minimum absolute atomic E-state index is 0.0267. The minimum Gasteiger partial charge on any atom is -0.486 e. The van der Waals surface area contributed by atoms with E-state index in [1.54, 1.807) is 22.5 Å². The number of nitrogens with zero attached hydrogens (tertiary/aromatic N) is 2. The van der Waals surface area contributed by atoms with E-state index in [0.717, 1.165) is 37.6 Å². The second-order valence-electron chi connectivity index (χ2n) is 7.01. The fourth-order valence-corrected chi connectivity index (χ4v) is 6.67. The zero-order chi connectivity index (χ0) is 18.0. The van der Waals surface area contributed by atoms with Crippen LogP contribution in [0.25, 0.3) is 0 Å². The highest BCUT2D eigenvalue weighted by atomic mass is 32.2. The van der Waals surface area contributed by atoms with Gasteiger partial charge in [0.1, 0.15) is 13.2 Å². The van der Waals surface area contributed by atoms with E-state index in [0.29, 0.717) is 36.2 Å². The van der Waals surface area contributed by atoms with Gasteiger partial charge in [0.2, 0.25) is 10.0 Å². The molecule has 0 N–H and O–H groups in total. The van der Waals surface area contributed by atoms with Crippen LogP contribution in [0.3, 0.4) is 0 Å². The Labute approximate surface area is 159 Å². The average molecular weight is 399 g/mol. The largest absolute Gasteiger partial charge is 0.486 e. The molecule has 26 heavy (non-hydrogen) atoms. The van der Waals surface area contributed by atoms with Crippen molar-refractivity contribution >= 4 is 21.8 Å². The van der Waals surface area contributed by atoms with Gasteiger partial charge in [-0.15, -0.1) is 0 Å². The van der Waals surface area contributed by atoms with Crippen molar-refractivity contribution in [2.24, 2.45) is 0 Å². The molecule has 1 aromatic carbocycles. The second-order valence-corrected chi connectivity index (χ2v) is 10.1. The van der Waals surface area contributed by atoms with Crippen LogP contribution in [-0.2, 0) is 10.0 Å². The maximum Gasteiger partial charge on any atom is 0.243 e. The molecule has 4 rings (SSSR count). The third kappa shape index (κ3) is 3.83. The van der Waals surface area contributed by atoms with E-state index in [4.69, 9.17) is 9.47 Å². The zero-order valence-electron chi connectivity index (χ0n) is 14.9. The van der Waals surface area contributed by atoms with Crippen LogP contribution in [0.15, 0.2) is 23.1 Å². The molecule has 3 heterocycles. The first-order valence-electron chi connectivity index (χ1n) is 9.36. The molecule has 0 amide bonds. The van der Waals surface area contributed by atoms with Gasteiger partial charge in [-0.1, -0.05) is 0 Å². The van der Waals surface area contributed by atoms with Gasteiger partial charge in [-0.3, -0.25) is 0 Å². The van der Waals surface area contributed by atoms with Crippen LogP contribution >= 0.6 is 11.8 Å². The van der Waals surface area contributed by atoms with E-state index >= 15 is 0 Å². The van der Waals surface area contributed by atoms with E-state index < -0.39 is 10.0 Å². The van der Waals surface area contributed by atoms with E-state index in [2.05, 4.69) is 4.90 Å². The number of rotatable bonds is 4. The number of fused-ring (bicyclic) bond motifs is 1. The van der Waals surface area contributed by atoms with Gasteiger partial charge < -0.3 is 14.4 Å². The average Bonchev–Trinajstić information content (AvgIpc) is 3.05. The first kappa shape index (κ1) is 18.4. The lowest BCUT2D eigenvalue weighted by atomic mass is 10.3. The van der Waals surface area contributed by atoms with Crippen LogP contribution in [0.1, 0.15) is 19.3 Å². The third-order valence-electron chi connectivity index (χ3n) is 5.17. The predicted octanol–water partition coefficient (Wildman–Crippen LogP) is 2.05. The molecule has 2 saturated heterocycles. The molecule has 144 valence electrons. The van der Waals surface area contributed by atoms with Gasteiger partial charge in [-0.2, -0.15) is 16.1 Å². The quantitative estimate of drug-likeness (QED) is 0.774. The first-order chi connectivity index (χ1) is 12.6. The van der Waals surface area contributed by atoms with Gasteiger partial charge in [0.25, 0.3) is 0 Å². The van der Waals surface area contributed by atoms with Gasteiger partial charge in [0, 0.05) is 31.0 Å². The molecule has 1 aromatic rings. The maximum atomic E-state index is 13.4. The van der Waals surface area contributed by atoms with Crippen LogP contribution in [0.2, 0.25) is 0 Å². The van der Waals surface area contributed by atoms with E-state index in [-0.39, 0.29) is 6.04 Å². The molecular formula is C18H26N2O4S2. The Bertz CT molecular complexity index is 735. The van der Waals surface area contributed by atoms with E-state index in [1.807, 2.05) is 11.8 Å². The van der Waals surface area contributed by atoms with E-state index in [9.17, 15) is 8.42 Å². The van der Waals surface area contributed by atoms with Crippen molar-refractivity contribution < 1.29 is 17.9 Å². The Kier molecular flexibility index (Phi) is 5.63. The Morgan fingerprint density at radius 1 is 1.04 bits per heavy atom. The summed E-state index contributed by atoms with van der Waals surface area (Å²) in [4.78, 5) is 2.71. The van der Waals surface area contributed by atoms with Crippen molar-refractivity contribution in [3.63, 3.8) is 0 Å². The van der Waals surface area contributed by atoms with Crippen LogP contribution in [0, 0.1) is 0 Å². The molecule has 1 unspecified atom stereocenters. The van der Waals surface area contributed by atoms with Gasteiger partial charge in [-0.25, -0.2) is 8.42 Å². The topological polar surface area (TPSA) is 59.1 Å². The second kappa shape index (κ2) is 7.96. The summed E-state index contributed by atoms with van der Waals surface area (Å²) < 4.78 is 39.7. The zero-order valence-corrected chi connectivity index (χ0v) is 16.6. The van der Waals surface area contributed by atoms with E-state index in [1.165, 1.54) is 12.8 Å². The summed E-state index contributed by atoms with van der Waals surface area (Å²) in [5.74, 6) is 3.03. The molecular weight excluding hydrogens is 372 g/mol. The third-order valence-corrected chi connectivity index (χ3v) is 8.32. The molecule has 2 fully saturated rings. The summed E-state index contributed by atoms with van der Waals surface area (Å²) in [6, 6.07) is 5.00. The number of hydrogen-bond donors (Lipinski definition) is 0. The molecule has 0 spiro atoms. The summed E-state index contributed by atoms with van der Waals surface area (Å²) in [6.45, 7) is 4.53. The lowest BCUT2D eigenvalue weighted by molar-refractivity contribution is 0.171. The standard InChI is InChI=1S/C18H26N2O4S2/c21-26(22,16-4-5-17-18(12-16)24-10-9-23-17)20-8-3-11-25-14-15(20)13-19-6-1-2-7-19/h4-5,12,15H,1-3,6-11,13-14H2. The number of hydrogen-bond acceptors (Lipinski definition) is 6. The van der Waals surface area contributed by atoms with Crippen molar-refractivity contribution in [3.05, 3.63) is 18.2 Å². The maximum absolute atomic E-state index is 13.4. The van der Waals surface area contributed by atoms with Gasteiger partial charge in [-0.05, 0) is 50.2 Å². The van der Waals surface area contributed by atoms with Crippen molar-refractivity contribution in [1.29, 1.82) is 0 Å². The molecule has 3 aliphatic heterocycles. The summed E-state index contributed by atoms with van der Waals surface area (Å²) in [5, 5.41) is 0. The number of benzene rings is 1. The molecule has 0 aromatic heterocycles. The molecule has 3 aliphatic rings. The summed E-state index contributed by atoms with van der Waals surface area (Å²) in [6.07, 6.45) is 3.33. The molecule has 0 aliphatic carbocycles. The normalized spacial score (nSPS) is 25.2.